The Labute approximate surface area is 142 Å². The van der Waals surface area contributed by atoms with E-state index in [1.54, 1.807) is 24.7 Å². The lowest BCUT2D eigenvalue weighted by atomic mass is 10.2. The average molecular weight is 372 g/mol. The van der Waals surface area contributed by atoms with Crippen LogP contribution in [0.3, 0.4) is 0 Å². The van der Waals surface area contributed by atoms with Gasteiger partial charge < -0.3 is 14.6 Å². The predicted molar refractivity (Wildman–Crippen MR) is 91.8 cm³/mol. The monoisotopic (exact) mass is 371 g/mol. The molecular formula is C17H14BrN3O2. The number of hydrogen-bond acceptors (Lipinski definition) is 3. The van der Waals surface area contributed by atoms with E-state index in [4.69, 9.17) is 4.74 Å². The summed E-state index contributed by atoms with van der Waals surface area (Å²) in [5.41, 5.74) is 1.55. The fourth-order valence-electron chi connectivity index (χ4n) is 2.07. The summed E-state index contributed by atoms with van der Waals surface area (Å²) in [4.78, 5) is 16.1. The van der Waals surface area contributed by atoms with Crippen LogP contribution in [0.5, 0.6) is 5.75 Å². The molecule has 0 atom stereocenters. The molecule has 0 aliphatic rings. The first kappa shape index (κ1) is 15.3. The Morgan fingerprint density at radius 3 is 2.70 bits per heavy atom. The standard InChI is InChI=1S/C17H14BrN3O2/c18-13-5-7-14(8-6-13)23-11-17(22)20-15-3-1-2-4-16(15)21-10-9-19-12-21/h1-10,12H,11H2,(H,20,22). The zero-order chi connectivity index (χ0) is 16.1. The third kappa shape index (κ3) is 3.98. The number of imidazole rings is 1. The van der Waals surface area contributed by atoms with Gasteiger partial charge in [0.2, 0.25) is 0 Å². The van der Waals surface area contributed by atoms with Gasteiger partial charge in [-0.1, -0.05) is 28.1 Å². The van der Waals surface area contributed by atoms with Crippen molar-refractivity contribution in [2.75, 3.05) is 11.9 Å². The zero-order valence-corrected chi connectivity index (χ0v) is 13.7. The van der Waals surface area contributed by atoms with Crippen molar-refractivity contribution in [2.24, 2.45) is 0 Å². The van der Waals surface area contributed by atoms with Crippen molar-refractivity contribution in [2.45, 2.75) is 0 Å². The van der Waals surface area contributed by atoms with Crippen LogP contribution in [-0.2, 0) is 4.79 Å². The second-order valence-electron chi connectivity index (χ2n) is 4.78. The number of hydrogen-bond donors (Lipinski definition) is 1. The van der Waals surface area contributed by atoms with E-state index >= 15 is 0 Å². The molecule has 0 bridgehead atoms. The Morgan fingerprint density at radius 2 is 1.96 bits per heavy atom. The van der Waals surface area contributed by atoms with Gasteiger partial charge in [0.25, 0.3) is 5.91 Å². The van der Waals surface area contributed by atoms with Crippen molar-refractivity contribution >= 4 is 27.5 Å². The number of carbonyl (C=O) groups excluding carboxylic acids is 1. The topological polar surface area (TPSA) is 56.1 Å². The highest BCUT2D eigenvalue weighted by atomic mass is 79.9. The molecule has 3 aromatic rings. The normalized spacial score (nSPS) is 10.3. The number of anilines is 1. The van der Waals surface area contributed by atoms with Crippen molar-refractivity contribution < 1.29 is 9.53 Å². The number of benzene rings is 2. The number of nitrogens with zero attached hydrogens (tertiary/aromatic N) is 2. The molecule has 0 saturated carbocycles. The van der Waals surface area contributed by atoms with E-state index in [-0.39, 0.29) is 12.5 Å². The predicted octanol–water partition coefficient (Wildman–Crippen LogP) is 3.65. The highest BCUT2D eigenvalue weighted by Crippen LogP contribution is 2.20. The van der Waals surface area contributed by atoms with Crippen molar-refractivity contribution in [1.29, 1.82) is 0 Å². The highest BCUT2D eigenvalue weighted by Gasteiger charge is 2.08. The summed E-state index contributed by atoms with van der Waals surface area (Å²) in [5.74, 6) is 0.423. The maximum Gasteiger partial charge on any atom is 0.262 e. The molecule has 23 heavy (non-hydrogen) atoms. The minimum Gasteiger partial charge on any atom is -0.484 e. The van der Waals surface area contributed by atoms with Gasteiger partial charge in [-0.15, -0.1) is 0 Å². The number of carbonyl (C=O) groups is 1. The number of ether oxygens (including phenoxy) is 1. The highest BCUT2D eigenvalue weighted by molar-refractivity contribution is 9.10. The molecule has 5 nitrogen and oxygen atoms in total. The molecule has 6 heteroatoms. The number of halogens is 1. The van der Waals surface area contributed by atoms with E-state index in [0.717, 1.165) is 10.2 Å². The van der Waals surface area contributed by atoms with E-state index < -0.39 is 0 Å². The Morgan fingerprint density at radius 1 is 1.17 bits per heavy atom. The Kier molecular flexibility index (Phi) is 4.73. The van der Waals surface area contributed by atoms with E-state index in [2.05, 4.69) is 26.2 Å². The van der Waals surface area contributed by atoms with Gasteiger partial charge >= 0.3 is 0 Å². The molecule has 0 fully saturated rings. The fraction of sp³-hybridized carbons (Fsp3) is 0.0588. The summed E-state index contributed by atoms with van der Waals surface area (Å²) in [6.45, 7) is -0.0557. The second-order valence-corrected chi connectivity index (χ2v) is 5.69. The Balaban J connectivity index is 1.65. The van der Waals surface area contributed by atoms with E-state index in [9.17, 15) is 4.79 Å². The second kappa shape index (κ2) is 7.11. The first-order valence-electron chi connectivity index (χ1n) is 6.98. The smallest absolute Gasteiger partial charge is 0.262 e. The Hall–Kier alpha value is -2.60. The summed E-state index contributed by atoms with van der Waals surface area (Å²) < 4.78 is 8.27. The van der Waals surface area contributed by atoms with Crippen LogP contribution in [0.2, 0.25) is 0 Å². The van der Waals surface area contributed by atoms with Crippen LogP contribution in [0.4, 0.5) is 5.69 Å². The van der Waals surface area contributed by atoms with Crippen LogP contribution < -0.4 is 10.1 Å². The summed E-state index contributed by atoms with van der Waals surface area (Å²) in [5, 5.41) is 2.86. The lowest BCUT2D eigenvalue weighted by Gasteiger charge is -2.12. The van der Waals surface area contributed by atoms with Gasteiger partial charge in [0, 0.05) is 16.9 Å². The van der Waals surface area contributed by atoms with Gasteiger partial charge in [0.05, 0.1) is 17.7 Å². The first-order chi connectivity index (χ1) is 11.2. The molecule has 0 radical (unpaired) electrons. The maximum absolute atomic E-state index is 12.1. The summed E-state index contributed by atoms with van der Waals surface area (Å²) in [6, 6.07) is 14.9. The Bertz CT molecular complexity index is 786. The minimum atomic E-state index is -0.222. The third-order valence-corrected chi connectivity index (χ3v) is 3.67. The first-order valence-corrected chi connectivity index (χ1v) is 7.77. The number of para-hydroxylation sites is 2. The van der Waals surface area contributed by atoms with Gasteiger partial charge in [-0.05, 0) is 36.4 Å². The molecule has 0 aliphatic heterocycles. The van der Waals surface area contributed by atoms with Crippen LogP contribution in [0.15, 0.2) is 71.7 Å². The van der Waals surface area contributed by atoms with Gasteiger partial charge in [0.15, 0.2) is 6.61 Å². The number of nitrogens with one attached hydrogen (secondary N) is 1. The molecule has 3 rings (SSSR count). The van der Waals surface area contributed by atoms with Crippen LogP contribution in [0.25, 0.3) is 5.69 Å². The largest absolute Gasteiger partial charge is 0.484 e. The average Bonchev–Trinajstić information content (AvgIpc) is 3.09. The molecule has 0 saturated heterocycles. The van der Waals surface area contributed by atoms with Gasteiger partial charge in [0.1, 0.15) is 5.75 Å². The van der Waals surface area contributed by atoms with Gasteiger partial charge in [-0.3, -0.25) is 4.79 Å². The molecule has 1 amide bonds. The molecule has 1 heterocycles. The van der Waals surface area contributed by atoms with Crippen molar-refractivity contribution in [3.8, 4) is 11.4 Å². The summed E-state index contributed by atoms with van der Waals surface area (Å²) in [6.07, 6.45) is 5.20. The lowest BCUT2D eigenvalue weighted by Crippen LogP contribution is -2.21. The van der Waals surface area contributed by atoms with Crippen LogP contribution in [0.1, 0.15) is 0 Å². The van der Waals surface area contributed by atoms with E-state index in [1.807, 2.05) is 47.2 Å². The molecule has 1 aromatic heterocycles. The summed E-state index contributed by atoms with van der Waals surface area (Å²) >= 11 is 3.35. The molecule has 0 aliphatic carbocycles. The third-order valence-electron chi connectivity index (χ3n) is 3.14. The zero-order valence-electron chi connectivity index (χ0n) is 12.1. The number of amides is 1. The van der Waals surface area contributed by atoms with Crippen molar-refractivity contribution in [3.05, 3.63) is 71.7 Å². The molecular weight excluding hydrogens is 358 g/mol. The van der Waals surface area contributed by atoms with Crippen molar-refractivity contribution in [3.63, 3.8) is 0 Å². The van der Waals surface area contributed by atoms with Crippen LogP contribution >= 0.6 is 15.9 Å². The van der Waals surface area contributed by atoms with E-state index in [1.165, 1.54) is 0 Å². The summed E-state index contributed by atoms with van der Waals surface area (Å²) in [7, 11) is 0. The molecule has 0 spiro atoms. The van der Waals surface area contributed by atoms with E-state index in [0.29, 0.717) is 11.4 Å². The van der Waals surface area contributed by atoms with Crippen LogP contribution in [-0.4, -0.2) is 22.1 Å². The lowest BCUT2D eigenvalue weighted by molar-refractivity contribution is -0.118. The number of rotatable bonds is 5. The van der Waals surface area contributed by atoms with Gasteiger partial charge in [-0.2, -0.15) is 0 Å². The molecule has 2 aromatic carbocycles. The van der Waals surface area contributed by atoms with Crippen LogP contribution in [0, 0.1) is 0 Å². The number of aromatic nitrogens is 2. The molecule has 1 N–H and O–H groups in total. The fourth-order valence-corrected chi connectivity index (χ4v) is 2.34. The SMILES string of the molecule is O=C(COc1ccc(Br)cc1)Nc1ccccc1-n1ccnc1. The van der Waals surface area contributed by atoms with Crippen molar-refractivity contribution in [1.82, 2.24) is 9.55 Å². The molecule has 116 valence electrons. The minimum absolute atomic E-state index is 0.0557. The maximum atomic E-state index is 12.1. The van der Waals surface area contributed by atoms with Gasteiger partial charge in [-0.25, -0.2) is 4.98 Å². The quantitative estimate of drug-likeness (QED) is 0.744. The molecule has 0 unspecified atom stereocenters.